The van der Waals surface area contributed by atoms with Crippen LogP contribution in [0.25, 0.3) is 27.8 Å². The number of hydrogen-bond donors (Lipinski definition) is 1. The van der Waals surface area contributed by atoms with Crippen molar-refractivity contribution in [2.75, 3.05) is 5.32 Å². The molecular weight excluding hydrogens is 423 g/mol. The number of anilines is 1. The van der Waals surface area contributed by atoms with Crippen LogP contribution in [0, 0.1) is 27.3 Å². The van der Waals surface area contributed by atoms with Gasteiger partial charge in [0, 0.05) is 34.8 Å². The second-order valence-corrected chi connectivity index (χ2v) is 7.14. The van der Waals surface area contributed by atoms with Crippen LogP contribution >= 0.6 is 11.3 Å². The highest BCUT2D eigenvalue weighted by Crippen LogP contribution is 2.28. The number of halogens is 1. The molecule has 0 atom stereocenters. The number of aromatic nitrogens is 1. The van der Waals surface area contributed by atoms with Gasteiger partial charge in [-0.25, -0.2) is 14.2 Å². The van der Waals surface area contributed by atoms with Gasteiger partial charge in [-0.2, -0.15) is 5.26 Å². The number of nitrogens with one attached hydrogen (secondary N) is 1. The van der Waals surface area contributed by atoms with Gasteiger partial charge in [0.2, 0.25) is 0 Å². The number of allylic oxidation sites excluding steroid dienone is 1. The average Bonchev–Trinajstić information content (AvgIpc) is 3.24. The zero-order valence-electron chi connectivity index (χ0n) is 15.5. The fourth-order valence-corrected chi connectivity index (χ4v) is 3.55. The SMILES string of the molecule is N#C/C(=C/Nc1ccc(F)cc1)c1nc(-c2cc3cc([N+](=O)[O-])ccc3oc2=O)cs1. The molecule has 152 valence electrons. The first kappa shape index (κ1) is 19.9. The summed E-state index contributed by atoms with van der Waals surface area (Å²) in [5.41, 5.74) is 0.641. The van der Waals surface area contributed by atoms with Crippen LogP contribution in [0.1, 0.15) is 5.01 Å². The quantitative estimate of drug-likeness (QED) is 0.204. The molecule has 0 aliphatic heterocycles. The number of fused-ring (bicyclic) bond motifs is 1. The number of nitro groups is 1. The highest BCUT2D eigenvalue weighted by molar-refractivity contribution is 7.11. The summed E-state index contributed by atoms with van der Waals surface area (Å²) in [6.45, 7) is 0. The lowest BCUT2D eigenvalue weighted by Crippen LogP contribution is -2.03. The smallest absolute Gasteiger partial charge is 0.345 e. The van der Waals surface area contributed by atoms with E-state index in [0.29, 0.717) is 16.1 Å². The normalized spacial score (nSPS) is 11.3. The molecule has 0 amide bonds. The molecular formula is C21H11FN4O4S. The molecule has 4 aromatic rings. The molecule has 8 nitrogen and oxygen atoms in total. The first-order chi connectivity index (χ1) is 14.9. The molecule has 0 unspecified atom stereocenters. The topological polar surface area (TPSA) is 122 Å². The van der Waals surface area contributed by atoms with E-state index < -0.39 is 10.5 Å². The lowest BCUT2D eigenvalue weighted by Gasteiger charge is -2.01. The third-order valence-electron chi connectivity index (χ3n) is 4.28. The maximum atomic E-state index is 13.0. The van der Waals surface area contributed by atoms with E-state index in [0.717, 1.165) is 11.3 Å². The summed E-state index contributed by atoms with van der Waals surface area (Å²) in [6.07, 6.45) is 1.43. The van der Waals surface area contributed by atoms with Crippen LogP contribution in [0.3, 0.4) is 0 Å². The second kappa shape index (κ2) is 8.17. The van der Waals surface area contributed by atoms with Gasteiger partial charge in [-0.15, -0.1) is 11.3 Å². The van der Waals surface area contributed by atoms with Crippen molar-refractivity contribution in [2.24, 2.45) is 0 Å². The van der Waals surface area contributed by atoms with Crippen molar-refractivity contribution in [3.8, 4) is 17.3 Å². The summed E-state index contributed by atoms with van der Waals surface area (Å²) < 4.78 is 18.3. The van der Waals surface area contributed by atoms with Gasteiger partial charge in [0.05, 0.1) is 16.2 Å². The lowest BCUT2D eigenvalue weighted by molar-refractivity contribution is -0.384. The average molecular weight is 434 g/mol. The van der Waals surface area contributed by atoms with E-state index in [2.05, 4.69) is 10.3 Å². The molecule has 0 saturated carbocycles. The van der Waals surface area contributed by atoms with Crippen molar-refractivity contribution in [3.05, 3.63) is 91.5 Å². The Morgan fingerprint density at radius 1 is 1.26 bits per heavy atom. The zero-order valence-corrected chi connectivity index (χ0v) is 16.4. The fraction of sp³-hybridized carbons (Fsp3) is 0. The third-order valence-corrected chi connectivity index (χ3v) is 5.16. The van der Waals surface area contributed by atoms with Gasteiger partial charge in [0.15, 0.2) is 0 Å². The van der Waals surface area contributed by atoms with Crippen LogP contribution in [0.15, 0.2) is 69.3 Å². The summed E-state index contributed by atoms with van der Waals surface area (Å²) in [6, 6.07) is 13.0. The molecule has 2 heterocycles. The summed E-state index contributed by atoms with van der Waals surface area (Å²) in [5.74, 6) is -0.376. The Hall–Kier alpha value is -4.36. The molecule has 0 aliphatic rings. The maximum absolute atomic E-state index is 13.0. The van der Waals surface area contributed by atoms with Gasteiger partial charge < -0.3 is 9.73 Å². The Morgan fingerprint density at radius 2 is 2.03 bits per heavy atom. The number of non-ortho nitro benzene ring substituents is 1. The van der Waals surface area contributed by atoms with E-state index in [1.54, 1.807) is 5.38 Å². The molecule has 1 N–H and O–H groups in total. The maximum Gasteiger partial charge on any atom is 0.345 e. The van der Waals surface area contributed by atoms with Crippen molar-refractivity contribution in [3.63, 3.8) is 0 Å². The molecule has 2 aromatic heterocycles. The van der Waals surface area contributed by atoms with Crippen LogP contribution in [0.5, 0.6) is 0 Å². The molecule has 0 bridgehead atoms. The van der Waals surface area contributed by atoms with E-state index in [4.69, 9.17) is 4.42 Å². The van der Waals surface area contributed by atoms with Crippen molar-refractivity contribution < 1.29 is 13.7 Å². The molecule has 2 aromatic carbocycles. The number of thiazole rings is 1. The van der Waals surface area contributed by atoms with Crippen LogP contribution < -0.4 is 10.9 Å². The minimum absolute atomic E-state index is 0.124. The Kier molecular flexibility index (Phi) is 5.26. The van der Waals surface area contributed by atoms with E-state index in [-0.39, 0.29) is 33.9 Å². The number of nitrogens with zero attached hydrogens (tertiary/aromatic N) is 3. The van der Waals surface area contributed by atoms with Crippen LogP contribution in [-0.2, 0) is 0 Å². The van der Waals surface area contributed by atoms with Crippen molar-refractivity contribution in [1.82, 2.24) is 4.98 Å². The molecule has 31 heavy (non-hydrogen) atoms. The predicted molar refractivity (Wildman–Crippen MR) is 114 cm³/mol. The molecule has 0 fully saturated rings. The van der Waals surface area contributed by atoms with Crippen molar-refractivity contribution >= 4 is 39.3 Å². The lowest BCUT2D eigenvalue weighted by atomic mass is 10.1. The summed E-state index contributed by atoms with van der Waals surface area (Å²) >= 11 is 1.15. The molecule has 10 heteroatoms. The second-order valence-electron chi connectivity index (χ2n) is 6.29. The van der Waals surface area contributed by atoms with E-state index in [1.807, 2.05) is 6.07 Å². The van der Waals surface area contributed by atoms with E-state index >= 15 is 0 Å². The molecule has 0 aliphatic carbocycles. The van der Waals surface area contributed by atoms with Gasteiger partial charge in [-0.05, 0) is 36.4 Å². The first-order valence-corrected chi connectivity index (χ1v) is 9.63. The van der Waals surface area contributed by atoms with Gasteiger partial charge in [0.1, 0.15) is 28.1 Å². The Bertz CT molecular complexity index is 1430. The fourth-order valence-electron chi connectivity index (χ4n) is 2.77. The van der Waals surface area contributed by atoms with Gasteiger partial charge in [-0.1, -0.05) is 0 Å². The zero-order chi connectivity index (χ0) is 22.0. The summed E-state index contributed by atoms with van der Waals surface area (Å²) in [7, 11) is 0. The highest BCUT2D eigenvalue weighted by atomic mass is 32.1. The molecule has 0 spiro atoms. The number of nitro benzene ring substituents is 1. The van der Waals surface area contributed by atoms with E-state index in [1.165, 1.54) is 54.7 Å². The van der Waals surface area contributed by atoms with Crippen molar-refractivity contribution in [2.45, 2.75) is 0 Å². The summed E-state index contributed by atoms with van der Waals surface area (Å²) in [5, 5.41) is 25.7. The van der Waals surface area contributed by atoms with Crippen LogP contribution in [0.4, 0.5) is 15.8 Å². The number of hydrogen-bond acceptors (Lipinski definition) is 8. The number of benzene rings is 2. The molecule has 0 saturated heterocycles. The predicted octanol–water partition coefficient (Wildman–Crippen LogP) is 4.94. The standard InChI is InChI=1S/C21H11FN4O4S/c22-14-1-3-15(4-2-14)24-10-13(9-23)20-25-18(11-31-20)17-8-12-7-16(26(28)29)5-6-19(12)30-21(17)27/h1-8,10-11,24H/b13-10-. The molecule has 4 rings (SSSR count). The Labute approximate surface area is 177 Å². The molecule has 0 radical (unpaired) electrons. The van der Waals surface area contributed by atoms with Gasteiger partial charge in [-0.3, -0.25) is 10.1 Å². The summed E-state index contributed by atoms with van der Waals surface area (Å²) in [4.78, 5) is 27.2. The van der Waals surface area contributed by atoms with Crippen LogP contribution in [-0.4, -0.2) is 9.91 Å². The van der Waals surface area contributed by atoms with Crippen LogP contribution in [0.2, 0.25) is 0 Å². The third kappa shape index (κ3) is 4.17. The largest absolute Gasteiger partial charge is 0.422 e. The van der Waals surface area contributed by atoms with E-state index in [9.17, 15) is 24.6 Å². The number of nitriles is 1. The Morgan fingerprint density at radius 3 is 2.74 bits per heavy atom. The first-order valence-electron chi connectivity index (χ1n) is 8.75. The Balaban J connectivity index is 1.67. The van der Waals surface area contributed by atoms with Gasteiger partial charge >= 0.3 is 5.63 Å². The number of rotatable bonds is 5. The monoisotopic (exact) mass is 434 g/mol. The minimum atomic E-state index is -0.648. The van der Waals surface area contributed by atoms with Gasteiger partial charge in [0.25, 0.3) is 5.69 Å². The highest BCUT2D eigenvalue weighted by Gasteiger charge is 2.15. The van der Waals surface area contributed by atoms with Crippen molar-refractivity contribution in [1.29, 1.82) is 5.26 Å². The minimum Gasteiger partial charge on any atom is -0.422 e.